The summed E-state index contributed by atoms with van der Waals surface area (Å²) in [6.45, 7) is 2.76. The molecule has 0 atom stereocenters. The largest absolute Gasteiger partial charge is 0.383 e. The fourth-order valence-electron chi connectivity index (χ4n) is 1.15. The molecule has 0 fully saturated rings. The van der Waals surface area contributed by atoms with Crippen molar-refractivity contribution in [2.24, 2.45) is 0 Å². The Balaban J connectivity index is 3.00. The third-order valence-corrected chi connectivity index (χ3v) is 1.82. The van der Waals surface area contributed by atoms with Crippen LogP contribution in [0.5, 0.6) is 0 Å². The zero-order chi connectivity index (χ0) is 10.6. The van der Waals surface area contributed by atoms with Crippen molar-refractivity contribution < 1.29 is 4.79 Å². The molecule has 1 aromatic rings. The Bertz CT molecular complexity index is 323. The van der Waals surface area contributed by atoms with E-state index in [0.29, 0.717) is 5.56 Å². The molecular formula is C10H15N3O. The molecule has 0 aliphatic rings. The zero-order valence-electron chi connectivity index (χ0n) is 8.74. The van der Waals surface area contributed by atoms with Gasteiger partial charge in [-0.05, 0) is 13.0 Å². The first-order valence-corrected chi connectivity index (χ1v) is 4.56. The van der Waals surface area contributed by atoms with E-state index < -0.39 is 0 Å². The monoisotopic (exact) mass is 193 g/mol. The Labute approximate surface area is 83.9 Å². The van der Waals surface area contributed by atoms with Gasteiger partial charge in [0.05, 0.1) is 17.4 Å². The molecule has 0 aliphatic heterocycles. The van der Waals surface area contributed by atoms with Crippen LogP contribution < -0.4 is 5.32 Å². The number of anilines is 1. The molecule has 1 N–H and O–H groups in total. The van der Waals surface area contributed by atoms with Gasteiger partial charge in [0.15, 0.2) is 0 Å². The van der Waals surface area contributed by atoms with Gasteiger partial charge in [0.25, 0.3) is 5.91 Å². The van der Waals surface area contributed by atoms with Crippen LogP contribution in [0.15, 0.2) is 18.5 Å². The molecule has 0 spiro atoms. The molecule has 0 unspecified atom stereocenters. The van der Waals surface area contributed by atoms with E-state index in [1.54, 1.807) is 37.5 Å². The molecule has 1 rings (SSSR count). The lowest BCUT2D eigenvalue weighted by atomic mass is 10.2. The van der Waals surface area contributed by atoms with E-state index in [1.807, 2.05) is 6.92 Å². The van der Waals surface area contributed by atoms with E-state index in [-0.39, 0.29) is 5.91 Å². The molecule has 4 nitrogen and oxygen atoms in total. The van der Waals surface area contributed by atoms with Gasteiger partial charge in [-0.3, -0.25) is 9.78 Å². The molecule has 0 aromatic carbocycles. The second kappa shape index (κ2) is 4.60. The van der Waals surface area contributed by atoms with Crippen molar-refractivity contribution in [2.45, 2.75) is 6.92 Å². The van der Waals surface area contributed by atoms with Crippen molar-refractivity contribution in [3.63, 3.8) is 0 Å². The Hall–Kier alpha value is -1.58. The molecule has 1 heterocycles. The molecule has 0 bridgehead atoms. The maximum atomic E-state index is 11.7. The lowest BCUT2D eigenvalue weighted by Crippen LogP contribution is -2.23. The number of pyridine rings is 1. The molecule has 14 heavy (non-hydrogen) atoms. The summed E-state index contributed by atoms with van der Waals surface area (Å²) in [4.78, 5) is 17.2. The fourth-order valence-corrected chi connectivity index (χ4v) is 1.15. The Morgan fingerprint density at radius 1 is 1.57 bits per heavy atom. The number of rotatable bonds is 3. The molecule has 1 amide bonds. The molecule has 76 valence electrons. The highest BCUT2D eigenvalue weighted by atomic mass is 16.2. The summed E-state index contributed by atoms with van der Waals surface area (Å²) in [7, 11) is 3.47. The Morgan fingerprint density at radius 2 is 2.29 bits per heavy atom. The molecule has 4 heteroatoms. The standard InChI is InChI=1S/C10H15N3O/c1-4-12-9-7-11-6-5-8(9)10(14)13(2)3/h5-7,12H,4H2,1-3H3. The van der Waals surface area contributed by atoms with Crippen LogP contribution in [0.3, 0.4) is 0 Å². The predicted octanol–water partition coefficient (Wildman–Crippen LogP) is 1.22. The number of carbonyl (C=O) groups excluding carboxylic acids is 1. The number of aromatic nitrogens is 1. The number of hydrogen-bond donors (Lipinski definition) is 1. The molecular weight excluding hydrogens is 178 g/mol. The summed E-state index contributed by atoms with van der Waals surface area (Å²) >= 11 is 0. The quantitative estimate of drug-likeness (QED) is 0.785. The van der Waals surface area contributed by atoms with Gasteiger partial charge in [-0.1, -0.05) is 0 Å². The highest BCUT2D eigenvalue weighted by molar-refractivity contribution is 5.99. The normalized spacial score (nSPS) is 9.64. The first kappa shape index (κ1) is 10.5. The van der Waals surface area contributed by atoms with Crippen molar-refractivity contribution in [1.29, 1.82) is 0 Å². The van der Waals surface area contributed by atoms with Crippen LogP contribution in [0.2, 0.25) is 0 Å². The van der Waals surface area contributed by atoms with Crippen molar-refractivity contribution in [3.8, 4) is 0 Å². The smallest absolute Gasteiger partial charge is 0.255 e. The molecule has 0 saturated heterocycles. The van der Waals surface area contributed by atoms with E-state index in [9.17, 15) is 4.79 Å². The summed E-state index contributed by atoms with van der Waals surface area (Å²) < 4.78 is 0. The van der Waals surface area contributed by atoms with Crippen molar-refractivity contribution in [1.82, 2.24) is 9.88 Å². The average Bonchev–Trinajstić information content (AvgIpc) is 2.18. The SMILES string of the molecule is CCNc1cnccc1C(=O)N(C)C. The lowest BCUT2D eigenvalue weighted by molar-refractivity contribution is 0.0828. The summed E-state index contributed by atoms with van der Waals surface area (Å²) in [5.41, 5.74) is 1.44. The molecule has 0 aliphatic carbocycles. The highest BCUT2D eigenvalue weighted by Crippen LogP contribution is 2.14. The number of nitrogens with zero attached hydrogens (tertiary/aromatic N) is 2. The van der Waals surface area contributed by atoms with Crippen LogP contribution in [-0.2, 0) is 0 Å². The van der Waals surface area contributed by atoms with Gasteiger partial charge in [0.2, 0.25) is 0 Å². The molecule has 0 radical (unpaired) electrons. The first-order chi connectivity index (χ1) is 6.66. The van der Waals surface area contributed by atoms with E-state index >= 15 is 0 Å². The molecule has 1 aromatic heterocycles. The van der Waals surface area contributed by atoms with Crippen molar-refractivity contribution in [2.75, 3.05) is 26.0 Å². The Morgan fingerprint density at radius 3 is 2.86 bits per heavy atom. The predicted molar refractivity (Wildman–Crippen MR) is 56.4 cm³/mol. The van der Waals surface area contributed by atoms with E-state index in [4.69, 9.17) is 0 Å². The van der Waals surface area contributed by atoms with Gasteiger partial charge in [0.1, 0.15) is 0 Å². The summed E-state index contributed by atoms with van der Waals surface area (Å²) in [5, 5.41) is 3.10. The van der Waals surface area contributed by atoms with Crippen molar-refractivity contribution in [3.05, 3.63) is 24.0 Å². The van der Waals surface area contributed by atoms with Gasteiger partial charge >= 0.3 is 0 Å². The molecule has 0 saturated carbocycles. The third-order valence-electron chi connectivity index (χ3n) is 1.82. The third kappa shape index (κ3) is 2.22. The van der Waals surface area contributed by atoms with Crippen LogP contribution in [0.4, 0.5) is 5.69 Å². The van der Waals surface area contributed by atoms with E-state index in [2.05, 4.69) is 10.3 Å². The fraction of sp³-hybridized carbons (Fsp3) is 0.400. The highest BCUT2D eigenvalue weighted by Gasteiger charge is 2.11. The zero-order valence-corrected chi connectivity index (χ0v) is 8.74. The Kier molecular flexibility index (Phi) is 3.45. The van der Waals surface area contributed by atoms with Crippen LogP contribution in [0, 0.1) is 0 Å². The number of carbonyl (C=O) groups is 1. The van der Waals surface area contributed by atoms with Gasteiger partial charge in [-0.15, -0.1) is 0 Å². The number of nitrogens with one attached hydrogen (secondary N) is 1. The topological polar surface area (TPSA) is 45.2 Å². The maximum absolute atomic E-state index is 11.7. The summed E-state index contributed by atoms with van der Waals surface area (Å²) in [5.74, 6) is -0.0108. The van der Waals surface area contributed by atoms with Crippen LogP contribution >= 0.6 is 0 Å². The summed E-state index contributed by atoms with van der Waals surface area (Å²) in [6, 6.07) is 1.72. The average molecular weight is 193 g/mol. The second-order valence-electron chi connectivity index (χ2n) is 3.15. The van der Waals surface area contributed by atoms with Gasteiger partial charge < -0.3 is 10.2 Å². The minimum Gasteiger partial charge on any atom is -0.383 e. The second-order valence-corrected chi connectivity index (χ2v) is 3.15. The minimum atomic E-state index is -0.0108. The van der Waals surface area contributed by atoms with E-state index in [1.165, 1.54) is 0 Å². The van der Waals surface area contributed by atoms with Gasteiger partial charge in [0, 0.05) is 26.8 Å². The number of amides is 1. The van der Waals surface area contributed by atoms with Crippen LogP contribution in [0.1, 0.15) is 17.3 Å². The van der Waals surface area contributed by atoms with Crippen LogP contribution in [-0.4, -0.2) is 36.4 Å². The van der Waals surface area contributed by atoms with Gasteiger partial charge in [-0.2, -0.15) is 0 Å². The lowest BCUT2D eigenvalue weighted by Gasteiger charge is -2.13. The number of hydrogen-bond acceptors (Lipinski definition) is 3. The minimum absolute atomic E-state index is 0.0108. The summed E-state index contributed by atoms with van der Waals surface area (Å²) in [6.07, 6.45) is 3.29. The van der Waals surface area contributed by atoms with Crippen LogP contribution in [0.25, 0.3) is 0 Å². The van der Waals surface area contributed by atoms with E-state index in [0.717, 1.165) is 12.2 Å². The van der Waals surface area contributed by atoms with Crippen molar-refractivity contribution >= 4 is 11.6 Å². The van der Waals surface area contributed by atoms with Gasteiger partial charge in [-0.25, -0.2) is 0 Å². The maximum Gasteiger partial charge on any atom is 0.255 e. The first-order valence-electron chi connectivity index (χ1n) is 4.56.